The van der Waals surface area contributed by atoms with Crippen LogP contribution in [0.5, 0.6) is 0 Å². The molecule has 2 aromatic heterocycles. The molecule has 0 amide bonds. The van der Waals surface area contributed by atoms with Crippen molar-refractivity contribution in [3.63, 3.8) is 0 Å². The van der Waals surface area contributed by atoms with Crippen LogP contribution in [-0.4, -0.2) is 35.5 Å². The predicted molar refractivity (Wildman–Crippen MR) is 108 cm³/mol. The molecule has 0 unspecified atom stereocenters. The van der Waals surface area contributed by atoms with Gasteiger partial charge in [0.15, 0.2) is 5.76 Å². The molecule has 2 aromatic rings. The Bertz CT molecular complexity index is 1010. The lowest BCUT2D eigenvalue weighted by molar-refractivity contribution is 0.0395. The summed E-state index contributed by atoms with van der Waals surface area (Å²) in [4.78, 5) is 5.19. The first-order valence-electron chi connectivity index (χ1n) is 10.4. The van der Waals surface area contributed by atoms with Gasteiger partial charge in [0.1, 0.15) is 10.6 Å². The maximum Gasteiger partial charge on any atom is 0.248 e. The quantitative estimate of drug-likeness (QED) is 0.740. The van der Waals surface area contributed by atoms with Gasteiger partial charge in [0, 0.05) is 37.3 Å². The summed E-state index contributed by atoms with van der Waals surface area (Å²) < 4.78 is 39.2. The van der Waals surface area contributed by atoms with Crippen molar-refractivity contribution >= 4 is 10.0 Å². The molecule has 4 heterocycles. The summed E-state index contributed by atoms with van der Waals surface area (Å²) in [6, 6.07) is 0. The summed E-state index contributed by atoms with van der Waals surface area (Å²) in [7, 11) is -3.68. The number of unbranched alkanes of at least 4 members (excludes halogenated alkanes) is 1. The van der Waals surface area contributed by atoms with E-state index in [-0.39, 0.29) is 11.0 Å². The molecule has 0 spiro atoms. The molecule has 0 N–H and O–H groups in total. The Balaban J connectivity index is 1.74. The topological polar surface area (TPSA) is 85.5 Å². The Labute approximate surface area is 172 Å². The fraction of sp³-hybridized carbons (Fsp3) is 0.619. The highest BCUT2D eigenvalue weighted by molar-refractivity contribution is 7.89. The molecule has 0 bridgehead atoms. The van der Waals surface area contributed by atoms with Gasteiger partial charge in [-0.15, -0.1) is 0 Å². The minimum absolute atomic E-state index is 0.161. The lowest BCUT2D eigenvalue weighted by atomic mass is 9.89. The van der Waals surface area contributed by atoms with Crippen LogP contribution in [0.4, 0.5) is 0 Å². The highest BCUT2D eigenvalue weighted by atomic mass is 32.2. The predicted octanol–water partition coefficient (Wildman–Crippen LogP) is 3.24. The second-order valence-corrected chi connectivity index (χ2v) is 9.99. The summed E-state index contributed by atoms with van der Waals surface area (Å²) in [5.74, 6) is 0.334. The zero-order valence-corrected chi connectivity index (χ0v) is 18.4. The average molecular weight is 420 g/mol. The van der Waals surface area contributed by atoms with E-state index in [2.05, 4.69) is 19.0 Å². The highest BCUT2D eigenvalue weighted by Crippen LogP contribution is 2.34. The number of nitrogens with zero attached hydrogens (tertiary/aromatic N) is 3. The summed E-state index contributed by atoms with van der Waals surface area (Å²) >= 11 is 0. The smallest absolute Gasteiger partial charge is 0.248 e. The molecule has 8 heteroatoms. The molecular weight excluding hydrogens is 390 g/mol. The standard InChI is InChI=1S/C21H29N3O4S/c1-5-6-7-19-16-10-13(2)27-12-18(16)17-11-24(9-8-20(17)22-19)29(25,26)21-14(3)23-28-15(21)4/h13H,5-12H2,1-4H3/t13-/m0/s1. The van der Waals surface area contributed by atoms with Gasteiger partial charge in [-0.1, -0.05) is 18.5 Å². The van der Waals surface area contributed by atoms with Crippen molar-refractivity contribution < 1.29 is 17.7 Å². The maximum atomic E-state index is 13.3. The largest absolute Gasteiger partial charge is 0.373 e. The Hall–Kier alpha value is -1.77. The number of aryl methyl sites for hydroxylation is 3. The van der Waals surface area contributed by atoms with E-state index in [0.29, 0.717) is 37.6 Å². The molecule has 4 rings (SSSR count). The first-order valence-corrected chi connectivity index (χ1v) is 11.8. The number of hydrogen-bond acceptors (Lipinski definition) is 6. The molecule has 0 aliphatic carbocycles. The second-order valence-electron chi connectivity index (χ2n) is 8.11. The van der Waals surface area contributed by atoms with Crippen LogP contribution in [0.1, 0.15) is 66.2 Å². The molecule has 0 saturated carbocycles. The van der Waals surface area contributed by atoms with Crippen LogP contribution in [-0.2, 0) is 47.2 Å². The van der Waals surface area contributed by atoms with E-state index in [4.69, 9.17) is 14.2 Å². The van der Waals surface area contributed by atoms with Crippen LogP contribution in [0.15, 0.2) is 9.42 Å². The van der Waals surface area contributed by atoms with Crippen molar-refractivity contribution in [1.29, 1.82) is 0 Å². The third kappa shape index (κ3) is 3.62. The molecule has 1 atom stereocenters. The first kappa shape index (κ1) is 20.5. The number of fused-ring (bicyclic) bond motifs is 3. The van der Waals surface area contributed by atoms with Crippen LogP contribution in [0, 0.1) is 13.8 Å². The van der Waals surface area contributed by atoms with E-state index in [9.17, 15) is 8.42 Å². The second kappa shape index (κ2) is 7.81. The van der Waals surface area contributed by atoms with Crippen LogP contribution < -0.4 is 0 Å². The van der Waals surface area contributed by atoms with E-state index in [1.165, 1.54) is 15.6 Å². The molecule has 0 saturated heterocycles. The summed E-state index contributed by atoms with van der Waals surface area (Å²) in [5.41, 5.74) is 6.05. The first-order chi connectivity index (χ1) is 13.8. The number of pyridine rings is 1. The average Bonchev–Trinajstić information content (AvgIpc) is 3.04. The number of rotatable bonds is 5. The number of ether oxygens (including phenoxy) is 1. The van der Waals surface area contributed by atoms with E-state index in [1.807, 2.05) is 0 Å². The van der Waals surface area contributed by atoms with E-state index in [0.717, 1.165) is 42.5 Å². The van der Waals surface area contributed by atoms with E-state index < -0.39 is 10.0 Å². The third-order valence-corrected chi connectivity index (χ3v) is 8.05. The van der Waals surface area contributed by atoms with Gasteiger partial charge >= 0.3 is 0 Å². The number of hydrogen-bond donors (Lipinski definition) is 0. The Morgan fingerprint density at radius 2 is 2.00 bits per heavy atom. The van der Waals surface area contributed by atoms with Crippen molar-refractivity contribution in [2.24, 2.45) is 0 Å². The molecule has 0 aromatic carbocycles. The summed E-state index contributed by atoms with van der Waals surface area (Å²) in [6.07, 6.45) is 4.82. The van der Waals surface area contributed by atoms with Crippen molar-refractivity contribution in [2.75, 3.05) is 6.54 Å². The lowest BCUT2D eigenvalue weighted by Gasteiger charge is -2.33. The van der Waals surface area contributed by atoms with Crippen molar-refractivity contribution in [3.8, 4) is 0 Å². The number of sulfonamides is 1. The highest BCUT2D eigenvalue weighted by Gasteiger charge is 2.36. The Morgan fingerprint density at radius 3 is 2.69 bits per heavy atom. The lowest BCUT2D eigenvalue weighted by Crippen LogP contribution is -2.38. The van der Waals surface area contributed by atoms with Crippen LogP contribution in [0.25, 0.3) is 0 Å². The zero-order valence-electron chi connectivity index (χ0n) is 17.6. The molecule has 2 aliphatic heterocycles. The Morgan fingerprint density at radius 1 is 1.21 bits per heavy atom. The summed E-state index contributed by atoms with van der Waals surface area (Å²) in [6.45, 7) is 8.84. The van der Waals surface area contributed by atoms with Gasteiger partial charge in [-0.25, -0.2) is 8.42 Å². The van der Waals surface area contributed by atoms with Crippen LogP contribution >= 0.6 is 0 Å². The minimum Gasteiger partial charge on any atom is -0.373 e. The SMILES string of the molecule is CCCCc1nc2c(c3c1C[C@H](C)OC3)CN(S(=O)(=O)c1c(C)noc1C)CC2. The maximum absolute atomic E-state index is 13.3. The van der Waals surface area contributed by atoms with E-state index >= 15 is 0 Å². The Kier molecular flexibility index (Phi) is 5.52. The van der Waals surface area contributed by atoms with Crippen molar-refractivity contribution in [3.05, 3.63) is 39.5 Å². The number of aromatic nitrogens is 2. The van der Waals surface area contributed by atoms with Crippen molar-refractivity contribution in [1.82, 2.24) is 14.4 Å². The van der Waals surface area contributed by atoms with Crippen molar-refractivity contribution in [2.45, 2.75) is 84.0 Å². The van der Waals surface area contributed by atoms with Gasteiger partial charge in [-0.3, -0.25) is 4.98 Å². The molecule has 29 heavy (non-hydrogen) atoms. The zero-order chi connectivity index (χ0) is 20.8. The molecule has 0 radical (unpaired) electrons. The molecule has 158 valence electrons. The molecule has 0 fully saturated rings. The minimum atomic E-state index is -3.68. The third-order valence-electron chi connectivity index (χ3n) is 5.96. The van der Waals surface area contributed by atoms with E-state index in [1.54, 1.807) is 13.8 Å². The summed E-state index contributed by atoms with van der Waals surface area (Å²) in [5, 5.41) is 3.83. The van der Waals surface area contributed by atoms with Gasteiger partial charge in [0.25, 0.3) is 0 Å². The monoisotopic (exact) mass is 419 g/mol. The van der Waals surface area contributed by atoms with Crippen LogP contribution in [0.3, 0.4) is 0 Å². The molecule has 2 aliphatic rings. The van der Waals surface area contributed by atoms with Gasteiger partial charge in [0.2, 0.25) is 10.0 Å². The molecular formula is C21H29N3O4S. The molecule has 7 nitrogen and oxygen atoms in total. The fourth-order valence-corrected chi connectivity index (χ4v) is 6.12. The van der Waals surface area contributed by atoms with Gasteiger partial charge < -0.3 is 9.26 Å². The fourth-order valence-electron chi connectivity index (χ4n) is 4.42. The van der Waals surface area contributed by atoms with Gasteiger partial charge in [-0.2, -0.15) is 4.31 Å². The van der Waals surface area contributed by atoms with Crippen LogP contribution in [0.2, 0.25) is 0 Å². The normalized spacial score (nSPS) is 19.8. The van der Waals surface area contributed by atoms with Gasteiger partial charge in [0.05, 0.1) is 12.7 Å². The van der Waals surface area contributed by atoms with Gasteiger partial charge in [-0.05, 0) is 50.3 Å².